The maximum absolute atomic E-state index is 4.57. The van der Waals surface area contributed by atoms with Crippen LogP contribution in [-0.4, -0.2) is 31.7 Å². The van der Waals surface area contributed by atoms with Gasteiger partial charge in [-0.15, -0.1) is 0 Å². The number of rotatable bonds is 5. The van der Waals surface area contributed by atoms with Crippen molar-refractivity contribution in [2.24, 2.45) is 0 Å². The molecule has 0 unspecified atom stereocenters. The fraction of sp³-hybridized carbons (Fsp3) is 0.231. The summed E-state index contributed by atoms with van der Waals surface area (Å²) in [6.45, 7) is 2.96. The van der Waals surface area contributed by atoms with Gasteiger partial charge < -0.3 is 5.32 Å². The third kappa shape index (κ3) is 2.72. The Bertz CT molecular complexity index is 697. The van der Waals surface area contributed by atoms with Gasteiger partial charge in [-0.1, -0.05) is 25.1 Å². The lowest BCUT2D eigenvalue weighted by Gasteiger charge is -2.08. The summed E-state index contributed by atoms with van der Waals surface area (Å²) >= 11 is 1.45. The van der Waals surface area contributed by atoms with E-state index in [0.717, 1.165) is 34.1 Å². The van der Waals surface area contributed by atoms with E-state index in [-0.39, 0.29) is 0 Å². The van der Waals surface area contributed by atoms with Gasteiger partial charge in [-0.3, -0.25) is 5.10 Å². The number of aromatic nitrogens is 5. The molecule has 1 aromatic carbocycles. The van der Waals surface area contributed by atoms with E-state index in [2.05, 4.69) is 37.4 Å². The molecule has 0 aliphatic carbocycles. The van der Waals surface area contributed by atoms with Gasteiger partial charge in [0.15, 0.2) is 5.16 Å². The summed E-state index contributed by atoms with van der Waals surface area (Å²) in [6.07, 6.45) is 2.52. The highest BCUT2D eigenvalue weighted by atomic mass is 32.2. The summed E-state index contributed by atoms with van der Waals surface area (Å²) in [6, 6.07) is 7.95. The highest BCUT2D eigenvalue weighted by Gasteiger charge is 2.10. The van der Waals surface area contributed by atoms with E-state index in [1.54, 1.807) is 0 Å². The Morgan fingerprint density at radius 1 is 1.25 bits per heavy atom. The van der Waals surface area contributed by atoms with Crippen LogP contribution in [0.3, 0.4) is 0 Å². The predicted molar refractivity (Wildman–Crippen MR) is 78.8 cm³/mol. The van der Waals surface area contributed by atoms with E-state index in [1.807, 2.05) is 24.3 Å². The van der Waals surface area contributed by atoms with Gasteiger partial charge in [0.1, 0.15) is 11.4 Å². The smallest absolute Gasteiger partial charge is 0.224 e. The average molecular weight is 286 g/mol. The molecule has 3 rings (SSSR count). The number of hydrogen-bond acceptors (Lipinski definition) is 6. The number of hydrogen-bond donors (Lipinski definition) is 2. The number of para-hydroxylation sites is 1. The van der Waals surface area contributed by atoms with Crippen molar-refractivity contribution in [1.82, 2.24) is 25.1 Å². The molecule has 102 valence electrons. The molecule has 7 heteroatoms. The normalized spacial score (nSPS) is 10.8. The molecule has 0 spiro atoms. The summed E-state index contributed by atoms with van der Waals surface area (Å²) in [5.41, 5.74) is 0.920. The summed E-state index contributed by atoms with van der Waals surface area (Å²) in [4.78, 5) is 13.2. The number of benzene rings is 1. The standard InChI is InChI=1S/C13H14N6S/c1-2-7-14-12-17-10-6-4-3-5-9(10)11(18-12)20-13-15-8-16-19-13/h3-6,8H,2,7H2,1H3,(H,14,17,18)(H,15,16,19). The summed E-state index contributed by atoms with van der Waals surface area (Å²) in [5.74, 6) is 0.646. The molecule has 0 aliphatic rings. The van der Waals surface area contributed by atoms with Gasteiger partial charge in [-0.2, -0.15) is 5.10 Å². The van der Waals surface area contributed by atoms with Crippen LogP contribution in [0, 0.1) is 0 Å². The van der Waals surface area contributed by atoms with Crippen LogP contribution in [0.15, 0.2) is 40.8 Å². The number of anilines is 1. The third-order valence-corrected chi connectivity index (χ3v) is 3.58. The lowest BCUT2D eigenvalue weighted by Crippen LogP contribution is -2.05. The molecule has 0 amide bonds. The first-order valence-electron chi connectivity index (χ1n) is 6.40. The van der Waals surface area contributed by atoms with E-state index < -0.39 is 0 Å². The monoisotopic (exact) mass is 286 g/mol. The first kappa shape index (κ1) is 12.9. The quantitative estimate of drug-likeness (QED) is 0.702. The molecule has 0 saturated heterocycles. The molecule has 6 nitrogen and oxygen atoms in total. The van der Waals surface area contributed by atoms with Gasteiger partial charge in [-0.25, -0.2) is 15.0 Å². The second-order valence-electron chi connectivity index (χ2n) is 4.19. The van der Waals surface area contributed by atoms with Crippen LogP contribution in [0.4, 0.5) is 5.95 Å². The molecule has 2 aromatic heterocycles. The summed E-state index contributed by atoms with van der Waals surface area (Å²) in [7, 11) is 0. The second kappa shape index (κ2) is 5.87. The molecular formula is C13H14N6S. The highest BCUT2D eigenvalue weighted by molar-refractivity contribution is 7.99. The molecule has 2 heterocycles. The van der Waals surface area contributed by atoms with Crippen molar-refractivity contribution in [2.75, 3.05) is 11.9 Å². The Kier molecular flexibility index (Phi) is 3.78. The molecule has 0 fully saturated rings. The van der Waals surface area contributed by atoms with Crippen LogP contribution >= 0.6 is 11.8 Å². The van der Waals surface area contributed by atoms with Crippen molar-refractivity contribution in [3.05, 3.63) is 30.6 Å². The number of nitrogens with zero attached hydrogens (tertiary/aromatic N) is 4. The average Bonchev–Trinajstić information content (AvgIpc) is 2.98. The number of nitrogens with one attached hydrogen (secondary N) is 2. The van der Waals surface area contributed by atoms with Crippen molar-refractivity contribution >= 4 is 28.6 Å². The van der Waals surface area contributed by atoms with Crippen LogP contribution in [0.2, 0.25) is 0 Å². The third-order valence-electron chi connectivity index (χ3n) is 2.69. The first-order valence-corrected chi connectivity index (χ1v) is 7.22. The Hall–Kier alpha value is -2.15. The largest absolute Gasteiger partial charge is 0.354 e. The Balaban J connectivity index is 2.02. The van der Waals surface area contributed by atoms with Crippen LogP contribution in [0.5, 0.6) is 0 Å². The van der Waals surface area contributed by atoms with Gasteiger partial charge in [0.05, 0.1) is 5.52 Å². The molecule has 0 saturated carbocycles. The Morgan fingerprint density at radius 2 is 2.15 bits per heavy atom. The van der Waals surface area contributed by atoms with Crippen LogP contribution in [-0.2, 0) is 0 Å². The maximum atomic E-state index is 4.57. The minimum atomic E-state index is 0.646. The van der Waals surface area contributed by atoms with Crippen LogP contribution < -0.4 is 5.32 Å². The SMILES string of the molecule is CCCNc1nc(Sc2ncn[nH]2)c2ccccc2n1. The second-order valence-corrected chi connectivity index (χ2v) is 5.17. The van der Waals surface area contributed by atoms with E-state index in [9.17, 15) is 0 Å². The minimum absolute atomic E-state index is 0.646. The zero-order valence-electron chi connectivity index (χ0n) is 11.0. The molecule has 3 aromatic rings. The fourth-order valence-corrected chi connectivity index (χ4v) is 2.57. The van der Waals surface area contributed by atoms with E-state index in [0.29, 0.717) is 5.95 Å². The number of H-pyrrole nitrogens is 1. The minimum Gasteiger partial charge on any atom is -0.354 e. The molecule has 0 atom stereocenters. The topological polar surface area (TPSA) is 79.4 Å². The molecular weight excluding hydrogens is 272 g/mol. The fourth-order valence-electron chi connectivity index (χ4n) is 1.78. The maximum Gasteiger partial charge on any atom is 0.224 e. The Labute approximate surface area is 120 Å². The zero-order valence-corrected chi connectivity index (χ0v) is 11.8. The van der Waals surface area contributed by atoms with E-state index in [1.165, 1.54) is 18.1 Å². The van der Waals surface area contributed by atoms with Gasteiger partial charge in [0.25, 0.3) is 0 Å². The van der Waals surface area contributed by atoms with Crippen molar-refractivity contribution in [3.63, 3.8) is 0 Å². The van der Waals surface area contributed by atoms with E-state index in [4.69, 9.17) is 0 Å². The van der Waals surface area contributed by atoms with Crippen molar-refractivity contribution in [1.29, 1.82) is 0 Å². The predicted octanol–water partition coefficient (Wildman–Crippen LogP) is 2.72. The van der Waals surface area contributed by atoms with Crippen LogP contribution in [0.25, 0.3) is 10.9 Å². The van der Waals surface area contributed by atoms with E-state index >= 15 is 0 Å². The molecule has 0 radical (unpaired) electrons. The van der Waals surface area contributed by atoms with Crippen molar-refractivity contribution in [2.45, 2.75) is 23.5 Å². The lowest BCUT2D eigenvalue weighted by molar-refractivity contribution is 0.941. The first-order chi connectivity index (χ1) is 9.86. The summed E-state index contributed by atoms with van der Waals surface area (Å²) < 4.78 is 0. The van der Waals surface area contributed by atoms with Gasteiger partial charge in [0.2, 0.25) is 5.95 Å². The van der Waals surface area contributed by atoms with Crippen molar-refractivity contribution < 1.29 is 0 Å². The van der Waals surface area contributed by atoms with Gasteiger partial charge in [0, 0.05) is 11.9 Å². The van der Waals surface area contributed by atoms with Gasteiger partial charge >= 0.3 is 0 Å². The molecule has 0 bridgehead atoms. The highest BCUT2D eigenvalue weighted by Crippen LogP contribution is 2.29. The zero-order chi connectivity index (χ0) is 13.8. The van der Waals surface area contributed by atoms with Gasteiger partial charge in [-0.05, 0) is 24.2 Å². The molecule has 2 N–H and O–H groups in total. The van der Waals surface area contributed by atoms with Crippen molar-refractivity contribution in [3.8, 4) is 0 Å². The lowest BCUT2D eigenvalue weighted by atomic mass is 10.2. The summed E-state index contributed by atoms with van der Waals surface area (Å²) in [5, 5.41) is 12.5. The Morgan fingerprint density at radius 3 is 2.95 bits per heavy atom. The molecule has 0 aliphatic heterocycles. The van der Waals surface area contributed by atoms with Crippen LogP contribution in [0.1, 0.15) is 13.3 Å². The number of fused-ring (bicyclic) bond motifs is 1. The molecule has 20 heavy (non-hydrogen) atoms. The number of aromatic amines is 1.